The Kier molecular flexibility index (Phi) is 5.01. The third kappa shape index (κ3) is 3.92. The fourth-order valence-electron chi connectivity index (χ4n) is 2.92. The first kappa shape index (κ1) is 14.3. The molecule has 18 heavy (non-hydrogen) atoms. The van der Waals surface area contributed by atoms with Crippen LogP contribution >= 0.6 is 0 Å². The Morgan fingerprint density at radius 2 is 2.28 bits per heavy atom. The third-order valence-electron chi connectivity index (χ3n) is 4.14. The first-order chi connectivity index (χ1) is 8.58. The Balaban J connectivity index is 1.61. The lowest BCUT2D eigenvalue weighted by Crippen LogP contribution is -2.44. The zero-order valence-corrected chi connectivity index (χ0v) is 11.7. The van der Waals surface area contributed by atoms with Gasteiger partial charge in [0.1, 0.15) is 0 Å². The minimum absolute atomic E-state index is 0.232. The second-order valence-corrected chi connectivity index (χ2v) is 6.19. The van der Waals surface area contributed by atoms with Crippen molar-refractivity contribution in [2.24, 2.45) is 0 Å². The first-order valence-corrected chi connectivity index (χ1v) is 7.20. The Morgan fingerprint density at radius 3 is 2.89 bits per heavy atom. The Morgan fingerprint density at radius 1 is 1.44 bits per heavy atom. The highest BCUT2D eigenvalue weighted by Crippen LogP contribution is 2.27. The van der Waals surface area contributed by atoms with E-state index in [2.05, 4.69) is 18.7 Å². The number of β-amino-alcohol motifs (C(OH)–C–C–N with tert-alkyl or cyclic N) is 1. The van der Waals surface area contributed by atoms with Crippen molar-refractivity contribution in [1.29, 1.82) is 0 Å². The molecule has 0 aromatic heterocycles. The summed E-state index contributed by atoms with van der Waals surface area (Å²) < 4.78 is 11.0. The summed E-state index contributed by atoms with van der Waals surface area (Å²) in [6.45, 7) is 8.22. The van der Waals surface area contributed by atoms with Crippen LogP contribution in [0.1, 0.15) is 39.5 Å². The highest BCUT2D eigenvalue weighted by molar-refractivity contribution is 4.88. The monoisotopic (exact) mass is 257 g/mol. The van der Waals surface area contributed by atoms with Gasteiger partial charge >= 0.3 is 0 Å². The van der Waals surface area contributed by atoms with E-state index in [1.165, 1.54) is 12.8 Å². The van der Waals surface area contributed by atoms with Gasteiger partial charge in [0, 0.05) is 18.7 Å². The third-order valence-corrected chi connectivity index (χ3v) is 4.14. The summed E-state index contributed by atoms with van der Waals surface area (Å²) in [4.78, 5) is 2.37. The fourth-order valence-corrected chi connectivity index (χ4v) is 2.92. The molecule has 0 saturated carbocycles. The molecule has 2 heterocycles. The number of nitrogens with zero attached hydrogens (tertiary/aromatic N) is 1. The highest BCUT2D eigenvalue weighted by Gasteiger charge is 2.32. The lowest BCUT2D eigenvalue weighted by molar-refractivity contribution is -0.0299. The predicted molar refractivity (Wildman–Crippen MR) is 70.7 cm³/mol. The molecule has 2 atom stereocenters. The fraction of sp³-hybridized carbons (Fsp3) is 1.00. The van der Waals surface area contributed by atoms with Crippen molar-refractivity contribution in [2.45, 2.75) is 57.3 Å². The van der Waals surface area contributed by atoms with Crippen LogP contribution in [0.4, 0.5) is 0 Å². The number of hydrogen-bond acceptors (Lipinski definition) is 4. The van der Waals surface area contributed by atoms with Crippen molar-refractivity contribution >= 4 is 0 Å². The van der Waals surface area contributed by atoms with Crippen LogP contribution in [-0.2, 0) is 9.47 Å². The predicted octanol–water partition coefficient (Wildman–Crippen LogP) is 1.42. The molecule has 0 aromatic carbocycles. The molecule has 106 valence electrons. The van der Waals surface area contributed by atoms with Crippen LogP contribution in [0.2, 0.25) is 0 Å². The van der Waals surface area contributed by atoms with Crippen LogP contribution in [0.5, 0.6) is 0 Å². The average molecular weight is 257 g/mol. The van der Waals surface area contributed by atoms with E-state index in [1.807, 2.05) is 0 Å². The van der Waals surface area contributed by atoms with Crippen molar-refractivity contribution in [3.05, 3.63) is 0 Å². The zero-order valence-electron chi connectivity index (χ0n) is 11.7. The van der Waals surface area contributed by atoms with E-state index in [9.17, 15) is 5.11 Å². The molecule has 2 saturated heterocycles. The van der Waals surface area contributed by atoms with Gasteiger partial charge in [-0.2, -0.15) is 0 Å². The van der Waals surface area contributed by atoms with Crippen molar-refractivity contribution in [1.82, 2.24) is 4.90 Å². The average Bonchev–Trinajstić information content (AvgIpc) is 2.90. The second kappa shape index (κ2) is 6.33. The molecule has 2 unspecified atom stereocenters. The molecule has 0 spiro atoms. The maximum atomic E-state index is 10.0. The van der Waals surface area contributed by atoms with Gasteiger partial charge in [-0.15, -0.1) is 0 Å². The first-order valence-electron chi connectivity index (χ1n) is 7.20. The van der Waals surface area contributed by atoms with Crippen molar-refractivity contribution < 1.29 is 14.6 Å². The number of likely N-dealkylation sites (tertiary alicyclic amines) is 1. The van der Waals surface area contributed by atoms with Gasteiger partial charge in [-0.25, -0.2) is 0 Å². The van der Waals surface area contributed by atoms with Crippen LogP contribution in [0, 0.1) is 0 Å². The number of aliphatic hydroxyl groups is 1. The molecule has 4 heteroatoms. The molecule has 4 nitrogen and oxygen atoms in total. The molecule has 0 bridgehead atoms. The molecule has 0 aromatic rings. The molecular formula is C14H27NO3. The normalized spacial score (nSPS) is 29.8. The van der Waals surface area contributed by atoms with Crippen molar-refractivity contribution in [3.63, 3.8) is 0 Å². The molecule has 0 radical (unpaired) electrons. The Bertz CT molecular complexity index is 251. The highest BCUT2D eigenvalue weighted by atomic mass is 16.5. The number of ether oxygens (including phenoxy) is 2. The standard InChI is InChI=1S/C14H27NO3/c1-14(2)6-4-7-15(14)9-12(16)10-17-11-13-5-3-8-18-13/h12-13,16H,3-11H2,1-2H3. The minimum atomic E-state index is -0.385. The number of hydrogen-bond donors (Lipinski definition) is 1. The topological polar surface area (TPSA) is 41.9 Å². The van der Waals surface area contributed by atoms with Gasteiger partial charge in [-0.05, 0) is 46.1 Å². The summed E-state index contributed by atoms with van der Waals surface area (Å²) in [6.07, 6.45) is 4.55. The van der Waals surface area contributed by atoms with E-state index >= 15 is 0 Å². The van der Waals surface area contributed by atoms with Crippen molar-refractivity contribution in [3.8, 4) is 0 Å². The zero-order chi connectivity index (χ0) is 13.0. The maximum Gasteiger partial charge on any atom is 0.0900 e. The molecule has 2 rings (SSSR count). The minimum Gasteiger partial charge on any atom is -0.389 e. The summed E-state index contributed by atoms with van der Waals surface area (Å²) in [6, 6.07) is 0. The lowest BCUT2D eigenvalue weighted by Gasteiger charge is -2.33. The van der Waals surface area contributed by atoms with E-state index in [0.29, 0.717) is 13.2 Å². The second-order valence-electron chi connectivity index (χ2n) is 6.19. The molecule has 0 aliphatic carbocycles. The Hall–Kier alpha value is -0.160. The van der Waals surface area contributed by atoms with Crippen LogP contribution in [0.3, 0.4) is 0 Å². The molecule has 2 fully saturated rings. The van der Waals surface area contributed by atoms with Crippen LogP contribution < -0.4 is 0 Å². The lowest BCUT2D eigenvalue weighted by atomic mass is 10.0. The summed E-state index contributed by atoms with van der Waals surface area (Å²) in [5.41, 5.74) is 0.232. The molecular weight excluding hydrogens is 230 g/mol. The number of rotatable bonds is 6. The van der Waals surface area contributed by atoms with Gasteiger partial charge in [0.05, 0.1) is 25.4 Å². The maximum absolute atomic E-state index is 10.0. The van der Waals surface area contributed by atoms with Crippen LogP contribution in [0.15, 0.2) is 0 Å². The summed E-state index contributed by atoms with van der Waals surface area (Å²) in [5, 5.41) is 10.0. The smallest absolute Gasteiger partial charge is 0.0900 e. The van der Waals surface area contributed by atoms with Crippen LogP contribution in [-0.4, -0.2) is 60.7 Å². The quantitative estimate of drug-likeness (QED) is 0.781. The van der Waals surface area contributed by atoms with E-state index in [-0.39, 0.29) is 17.7 Å². The molecule has 0 amide bonds. The van der Waals surface area contributed by atoms with Crippen LogP contribution in [0.25, 0.3) is 0 Å². The van der Waals surface area contributed by atoms with Gasteiger partial charge in [-0.1, -0.05) is 0 Å². The van der Waals surface area contributed by atoms with Gasteiger partial charge in [0.2, 0.25) is 0 Å². The molecule has 1 N–H and O–H groups in total. The van der Waals surface area contributed by atoms with E-state index < -0.39 is 0 Å². The molecule has 2 aliphatic rings. The van der Waals surface area contributed by atoms with Gasteiger partial charge < -0.3 is 14.6 Å². The van der Waals surface area contributed by atoms with E-state index in [0.717, 1.165) is 32.5 Å². The summed E-state index contributed by atoms with van der Waals surface area (Å²) >= 11 is 0. The molecule has 2 aliphatic heterocycles. The van der Waals surface area contributed by atoms with Gasteiger partial charge in [0.25, 0.3) is 0 Å². The Labute approximate surface area is 110 Å². The largest absolute Gasteiger partial charge is 0.389 e. The van der Waals surface area contributed by atoms with Crippen molar-refractivity contribution in [2.75, 3.05) is 32.9 Å². The van der Waals surface area contributed by atoms with E-state index in [4.69, 9.17) is 9.47 Å². The van der Waals surface area contributed by atoms with Gasteiger partial charge in [-0.3, -0.25) is 4.90 Å². The van der Waals surface area contributed by atoms with E-state index in [1.54, 1.807) is 0 Å². The summed E-state index contributed by atoms with van der Waals surface area (Å²) in [7, 11) is 0. The number of aliphatic hydroxyl groups excluding tert-OH is 1. The summed E-state index contributed by atoms with van der Waals surface area (Å²) in [5.74, 6) is 0. The SMILES string of the molecule is CC1(C)CCCN1CC(O)COCC1CCCO1. The van der Waals surface area contributed by atoms with Gasteiger partial charge in [0.15, 0.2) is 0 Å².